The van der Waals surface area contributed by atoms with Crippen molar-refractivity contribution in [2.45, 2.75) is 72.9 Å². The zero-order valence-corrected chi connectivity index (χ0v) is 26.2. The number of benzene rings is 2. The molecule has 4 aromatic rings. The maximum absolute atomic E-state index is 12.1. The normalized spacial score (nSPS) is 13.7. The van der Waals surface area contributed by atoms with Crippen molar-refractivity contribution in [1.82, 2.24) is 9.97 Å². The Morgan fingerprint density at radius 1 is 0.714 bits per heavy atom. The Morgan fingerprint density at radius 3 is 1.83 bits per heavy atom. The van der Waals surface area contributed by atoms with E-state index < -0.39 is 0 Å². The Morgan fingerprint density at radius 2 is 1.24 bits per heavy atom. The van der Waals surface area contributed by atoms with Gasteiger partial charge in [0.25, 0.3) is 5.56 Å². The Labute approximate surface area is 264 Å². The van der Waals surface area contributed by atoms with Crippen LogP contribution in [0.1, 0.15) is 64.6 Å². The number of aryl methyl sites for hydroxylation is 1. The minimum Gasteiger partial charge on any atom is -0.317 e. The summed E-state index contributed by atoms with van der Waals surface area (Å²) in [5.41, 5.74) is 6.81. The van der Waals surface area contributed by atoms with Crippen molar-refractivity contribution < 1.29 is 0 Å². The van der Waals surface area contributed by atoms with Crippen molar-refractivity contribution in [3.05, 3.63) is 124 Å². The van der Waals surface area contributed by atoms with E-state index in [1.165, 1.54) is 24.0 Å². The molecule has 5 nitrogen and oxygen atoms in total. The summed E-state index contributed by atoms with van der Waals surface area (Å²) in [5, 5.41) is 12.6. The lowest BCUT2D eigenvalue weighted by Gasteiger charge is -2.19. The highest BCUT2D eigenvalue weighted by atomic mass is 35.5. The summed E-state index contributed by atoms with van der Waals surface area (Å²) in [5.74, 6) is 1.49. The highest BCUT2D eigenvalue weighted by Crippen LogP contribution is 2.33. The first-order valence-electron chi connectivity index (χ1n) is 14.1. The molecule has 2 N–H and O–H groups in total. The molecule has 2 aliphatic rings. The average Bonchev–Trinajstić information content (AvgIpc) is 3.00. The molecule has 0 saturated heterocycles. The van der Waals surface area contributed by atoms with Crippen molar-refractivity contribution in [2.24, 2.45) is 0 Å². The van der Waals surface area contributed by atoms with Gasteiger partial charge in [0.05, 0.1) is 10.1 Å². The molecule has 2 aliphatic carbocycles. The fraction of sp³-hybridized carbons (Fsp3) is 0.303. The third kappa shape index (κ3) is 7.36. The van der Waals surface area contributed by atoms with Crippen molar-refractivity contribution in [3.63, 3.8) is 0 Å². The number of pyridine rings is 2. The number of aromatic amines is 2. The molecule has 216 valence electrons. The number of hydrogen-bond donors (Lipinski definition) is 2. The second kappa shape index (κ2) is 14.5. The van der Waals surface area contributed by atoms with E-state index in [-0.39, 0.29) is 16.7 Å². The van der Waals surface area contributed by atoms with Crippen LogP contribution in [0.2, 0.25) is 10.0 Å². The number of halogens is 2. The van der Waals surface area contributed by atoms with Gasteiger partial charge in [0.15, 0.2) is 0 Å². The van der Waals surface area contributed by atoms with Crippen LogP contribution in [0.15, 0.2) is 74.2 Å². The molecule has 9 heteroatoms. The molecule has 0 fully saturated rings. The number of nitriles is 1. The van der Waals surface area contributed by atoms with Crippen molar-refractivity contribution in [3.8, 4) is 6.07 Å². The van der Waals surface area contributed by atoms with Crippen LogP contribution in [-0.2, 0) is 37.2 Å². The fourth-order valence-electron chi connectivity index (χ4n) is 5.43. The molecule has 0 saturated carbocycles. The predicted octanol–water partition coefficient (Wildman–Crippen LogP) is 8.27. The summed E-state index contributed by atoms with van der Waals surface area (Å²) in [6.45, 7) is 0. The van der Waals surface area contributed by atoms with E-state index in [1.54, 1.807) is 29.6 Å². The minimum absolute atomic E-state index is 0.00677. The van der Waals surface area contributed by atoms with Crippen LogP contribution in [0.5, 0.6) is 0 Å². The average molecular weight is 637 g/mol. The molecule has 0 radical (unpaired) electrons. The lowest BCUT2D eigenvalue weighted by molar-refractivity contribution is 0.663. The second-order valence-electron chi connectivity index (χ2n) is 10.4. The van der Waals surface area contributed by atoms with Gasteiger partial charge < -0.3 is 9.97 Å². The van der Waals surface area contributed by atoms with E-state index in [2.05, 4.69) is 16.0 Å². The smallest absolute Gasteiger partial charge is 0.267 e. The molecule has 2 aromatic heterocycles. The third-order valence-electron chi connectivity index (χ3n) is 7.60. The summed E-state index contributed by atoms with van der Waals surface area (Å²) in [6, 6.07) is 19.4. The monoisotopic (exact) mass is 635 g/mol. The molecule has 0 atom stereocenters. The van der Waals surface area contributed by atoms with E-state index in [0.29, 0.717) is 5.75 Å². The molecule has 0 bridgehead atoms. The number of H-pyrrole nitrogens is 2. The molecule has 0 amide bonds. The SMILES string of the molecule is N#Cc1c2c(c(SCc3ccccc3Cl)[nH]c1=O)CCCC2.O=c1cc2c(c(SCc3ccccc3Cl)[nH]1)CCCC2. The number of fused-ring (bicyclic) bond motifs is 2. The molecule has 0 unspecified atom stereocenters. The van der Waals surface area contributed by atoms with Crippen LogP contribution >= 0.6 is 46.7 Å². The van der Waals surface area contributed by atoms with Gasteiger partial charge in [0.2, 0.25) is 5.56 Å². The Balaban J connectivity index is 0.000000169. The lowest BCUT2D eigenvalue weighted by Crippen LogP contribution is -2.20. The molecule has 0 aliphatic heterocycles. The number of aromatic nitrogens is 2. The van der Waals surface area contributed by atoms with E-state index in [1.807, 2.05) is 48.5 Å². The number of nitrogens with zero attached hydrogens (tertiary/aromatic N) is 1. The van der Waals surface area contributed by atoms with Gasteiger partial charge in [0, 0.05) is 27.6 Å². The highest BCUT2D eigenvalue weighted by molar-refractivity contribution is 7.98. The molecule has 2 heterocycles. The topological polar surface area (TPSA) is 89.5 Å². The Kier molecular flexibility index (Phi) is 10.6. The third-order valence-corrected chi connectivity index (χ3v) is 10.5. The summed E-state index contributed by atoms with van der Waals surface area (Å²) in [4.78, 5) is 29.7. The van der Waals surface area contributed by atoms with Crippen molar-refractivity contribution in [1.29, 1.82) is 5.26 Å². The minimum atomic E-state index is -0.273. The van der Waals surface area contributed by atoms with Gasteiger partial charge in [-0.05, 0) is 96.9 Å². The maximum atomic E-state index is 12.1. The van der Waals surface area contributed by atoms with Gasteiger partial charge in [-0.25, -0.2) is 0 Å². The second-order valence-corrected chi connectivity index (χ2v) is 13.2. The summed E-state index contributed by atoms with van der Waals surface area (Å²) < 4.78 is 0. The molecule has 2 aromatic carbocycles. The van der Waals surface area contributed by atoms with Crippen LogP contribution in [0.25, 0.3) is 0 Å². The zero-order valence-electron chi connectivity index (χ0n) is 23.1. The highest BCUT2D eigenvalue weighted by Gasteiger charge is 2.21. The first kappa shape index (κ1) is 30.6. The first-order chi connectivity index (χ1) is 20.4. The van der Waals surface area contributed by atoms with E-state index in [4.69, 9.17) is 23.2 Å². The van der Waals surface area contributed by atoms with Gasteiger partial charge in [-0.3, -0.25) is 9.59 Å². The van der Waals surface area contributed by atoms with Crippen molar-refractivity contribution in [2.75, 3.05) is 0 Å². The fourth-order valence-corrected chi connectivity index (χ4v) is 8.25. The molecule has 0 spiro atoms. The van der Waals surface area contributed by atoms with Gasteiger partial charge in [-0.2, -0.15) is 5.26 Å². The largest absolute Gasteiger partial charge is 0.317 e. The number of nitrogens with one attached hydrogen (secondary N) is 2. The zero-order chi connectivity index (χ0) is 29.5. The maximum Gasteiger partial charge on any atom is 0.267 e. The van der Waals surface area contributed by atoms with Crippen LogP contribution in [0.3, 0.4) is 0 Å². The van der Waals surface area contributed by atoms with Crippen LogP contribution in [0, 0.1) is 11.3 Å². The van der Waals surface area contributed by atoms with Crippen LogP contribution < -0.4 is 11.1 Å². The molecular formula is C33H31Cl2N3O2S2. The number of thioether (sulfide) groups is 2. The Hall–Kier alpha value is -2.89. The van der Waals surface area contributed by atoms with E-state index in [0.717, 1.165) is 86.6 Å². The Bertz CT molecular complexity index is 1740. The van der Waals surface area contributed by atoms with Crippen molar-refractivity contribution >= 4 is 46.7 Å². The number of rotatable bonds is 6. The molecule has 6 rings (SSSR count). The molecule has 42 heavy (non-hydrogen) atoms. The standard InChI is InChI=1S/C17H15ClN2OS.C16H16ClNOS/c18-15-8-4-1-5-11(15)10-22-17-13-7-3-2-6-12(13)14(9-19)16(21)20-17;17-14-8-4-2-6-12(14)10-20-16-13-7-3-1-5-11(13)9-15(19)18-16/h1,4-5,8H,2-3,6-7,10H2,(H,20,21);2,4,6,8-9H,1,3,5,7,10H2,(H,18,19). The summed E-state index contributed by atoms with van der Waals surface area (Å²) in [7, 11) is 0. The van der Waals surface area contributed by atoms with Gasteiger partial charge in [-0.15, -0.1) is 23.5 Å². The predicted molar refractivity (Wildman–Crippen MR) is 174 cm³/mol. The summed E-state index contributed by atoms with van der Waals surface area (Å²) in [6.07, 6.45) is 8.37. The van der Waals surface area contributed by atoms with Gasteiger partial charge >= 0.3 is 0 Å². The quantitative estimate of drug-likeness (QED) is 0.208. The van der Waals surface area contributed by atoms with Gasteiger partial charge in [0.1, 0.15) is 11.6 Å². The van der Waals surface area contributed by atoms with Crippen LogP contribution in [-0.4, -0.2) is 9.97 Å². The summed E-state index contributed by atoms with van der Waals surface area (Å²) >= 11 is 15.6. The lowest BCUT2D eigenvalue weighted by atomic mass is 9.90. The first-order valence-corrected chi connectivity index (χ1v) is 16.8. The molecular weight excluding hydrogens is 605 g/mol. The van der Waals surface area contributed by atoms with E-state index >= 15 is 0 Å². The van der Waals surface area contributed by atoms with E-state index in [9.17, 15) is 14.9 Å². The number of hydrogen-bond acceptors (Lipinski definition) is 5. The van der Waals surface area contributed by atoms with Gasteiger partial charge in [-0.1, -0.05) is 59.6 Å². The van der Waals surface area contributed by atoms with Crippen LogP contribution in [0.4, 0.5) is 0 Å².